The van der Waals surface area contributed by atoms with Crippen LogP contribution in [0.3, 0.4) is 0 Å². The van der Waals surface area contributed by atoms with Crippen molar-refractivity contribution in [3.05, 3.63) is 23.5 Å². The van der Waals surface area contributed by atoms with Crippen LogP contribution in [0.15, 0.2) is 12.1 Å². The molecule has 2 N–H and O–H groups in total. The molecule has 1 rings (SSSR count). The highest BCUT2D eigenvalue weighted by Gasteiger charge is 2.35. The van der Waals surface area contributed by atoms with Crippen molar-refractivity contribution in [2.45, 2.75) is 13.1 Å². The van der Waals surface area contributed by atoms with Crippen molar-refractivity contribution in [3.8, 4) is 0 Å². The molecule has 4 nitrogen and oxygen atoms in total. The second-order valence-corrected chi connectivity index (χ2v) is 2.70. The Morgan fingerprint density at radius 1 is 1.60 bits per heavy atom. The van der Waals surface area contributed by atoms with E-state index in [1.54, 1.807) is 0 Å². The maximum Gasteiger partial charge on any atom is 0.435 e. The van der Waals surface area contributed by atoms with Crippen LogP contribution >= 0.6 is 0 Å². The minimum Gasteiger partial charge on any atom is -0.384 e. The highest BCUT2D eigenvalue weighted by molar-refractivity contribution is 5.74. The van der Waals surface area contributed by atoms with Crippen molar-refractivity contribution in [3.63, 3.8) is 0 Å². The van der Waals surface area contributed by atoms with Gasteiger partial charge in [-0.05, 0) is 19.1 Å². The van der Waals surface area contributed by atoms with Crippen LogP contribution in [0.4, 0.5) is 13.2 Å². The largest absolute Gasteiger partial charge is 0.435 e. The lowest BCUT2D eigenvalue weighted by molar-refractivity contribution is -0.141. The number of aldehydes is 1. The second kappa shape index (κ2) is 3.76. The number of rotatable bonds is 2. The Morgan fingerprint density at radius 2 is 2.20 bits per heavy atom. The van der Waals surface area contributed by atoms with E-state index in [2.05, 4.69) is 5.10 Å². The minimum absolute atomic E-state index is 0.0346. The molecule has 82 valence electrons. The van der Waals surface area contributed by atoms with E-state index in [9.17, 15) is 18.0 Å². The van der Waals surface area contributed by atoms with Crippen LogP contribution in [-0.4, -0.2) is 16.1 Å². The zero-order valence-corrected chi connectivity index (χ0v) is 7.75. The lowest BCUT2D eigenvalue weighted by Crippen LogP contribution is -2.12. The van der Waals surface area contributed by atoms with E-state index < -0.39 is 11.9 Å². The first kappa shape index (κ1) is 11.3. The van der Waals surface area contributed by atoms with E-state index in [-0.39, 0.29) is 17.8 Å². The van der Waals surface area contributed by atoms with E-state index in [4.69, 9.17) is 5.73 Å². The van der Waals surface area contributed by atoms with Gasteiger partial charge in [-0.25, -0.2) is 4.68 Å². The van der Waals surface area contributed by atoms with E-state index in [0.29, 0.717) is 6.07 Å². The molecule has 7 heteroatoms. The Kier molecular flexibility index (Phi) is 2.83. The summed E-state index contributed by atoms with van der Waals surface area (Å²) in [6.07, 6.45) is -2.98. The number of halogens is 3. The molecular formula is C8H8F3N3O. The minimum atomic E-state index is -4.59. The summed E-state index contributed by atoms with van der Waals surface area (Å²) in [4.78, 5) is 10.5. The van der Waals surface area contributed by atoms with Gasteiger partial charge in [-0.2, -0.15) is 18.3 Å². The average molecular weight is 219 g/mol. The number of aromatic nitrogens is 2. The predicted molar refractivity (Wildman–Crippen MR) is 46.8 cm³/mol. The number of carbonyl (C=O) groups is 1. The molecule has 0 unspecified atom stereocenters. The first-order chi connectivity index (χ1) is 6.90. The lowest BCUT2D eigenvalue weighted by atomic mass is 10.3. The molecular weight excluding hydrogens is 211 g/mol. The molecule has 0 aromatic carbocycles. The second-order valence-electron chi connectivity index (χ2n) is 2.70. The third-order valence-corrected chi connectivity index (χ3v) is 1.69. The van der Waals surface area contributed by atoms with Crippen molar-refractivity contribution in [2.75, 3.05) is 0 Å². The maximum absolute atomic E-state index is 12.2. The molecule has 1 aromatic rings. The smallest absolute Gasteiger partial charge is 0.384 e. The Labute approximate surface area is 83.2 Å². The summed E-state index contributed by atoms with van der Waals surface area (Å²) in [5.41, 5.74) is 3.98. The molecule has 0 bridgehead atoms. The fourth-order valence-electron chi connectivity index (χ4n) is 0.947. The third kappa shape index (κ3) is 2.17. The topological polar surface area (TPSA) is 60.9 Å². The van der Waals surface area contributed by atoms with Gasteiger partial charge in [0.15, 0.2) is 12.0 Å². The molecule has 15 heavy (non-hydrogen) atoms. The Balaban J connectivity index is 3.29. The quantitative estimate of drug-likeness (QED) is 0.766. The van der Waals surface area contributed by atoms with E-state index in [1.807, 2.05) is 0 Å². The van der Waals surface area contributed by atoms with E-state index >= 15 is 0 Å². The number of nitrogens with two attached hydrogens (primary N) is 1. The van der Waals surface area contributed by atoms with Gasteiger partial charge in [-0.1, -0.05) is 0 Å². The molecule has 0 fully saturated rings. The molecule has 1 heterocycles. The number of carbonyl (C=O) groups excluding carboxylic acids is 1. The lowest BCUT2D eigenvalue weighted by Gasteiger charge is -2.02. The third-order valence-electron chi connectivity index (χ3n) is 1.69. The van der Waals surface area contributed by atoms with Gasteiger partial charge in [0.2, 0.25) is 0 Å². The van der Waals surface area contributed by atoms with Gasteiger partial charge in [0, 0.05) is 0 Å². The van der Waals surface area contributed by atoms with Crippen LogP contribution in [0.2, 0.25) is 0 Å². The van der Waals surface area contributed by atoms with Gasteiger partial charge in [-0.3, -0.25) is 4.79 Å². The van der Waals surface area contributed by atoms with Crippen molar-refractivity contribution in [1.29, 1.82) is 0 Å². The predicted octanol–water partition coefficient (Wildman–Crippen LogP) is 1.49. The molecule has 0 aliphatic heterocycles. The number of alkyl halides is 3. The zero-order valence-electron chi connectivity index (χ0n) is 7.75. The van der Waals surface area contributed by atoms with Crippen LogP contribution in [-0.2, 0) is 6.18 Å². The van der Waals surface area contributed by atoms with E-state index in [0.717, 1.165) is 4.68 Å². The number of hydrogen-bond acceptors (Lipinski definition) is 3. The maximum atomic E-state index is 12.2. The van der Waals surface area contributed by atoms with Crippen LogP contribution in [0.5, 0.6) is 0 Å². The molecule has 0 saturated carbocycles. The summed E-state index contributed by atoms with van der Waals surface area (Å²) < 4.78 is 37.4. The van der Waals surface area contributed by atoms with Crippen molar-refractivity contribution in [2.24, 2.45) is 5.73 Å². The highest BCUT2D eigenvalue weighted by Crippen LogP contribution is 2.28. The molecule has 1 aromatic heterocycles. The summed E-state index contributed by atoms with van der Waals surface area (Å²) in [5.74, 6) is -0.0346. The average Bonchev–Trinajstić information content (AvgIpc) is 2.59. The Hall–Kier alpha value is -1.79. The monoisotopic (exact) mass is 219 g/mol. The van der Waals surface area contributed by atoms with E-state index in [1.165, 1.54) is 13.0 Å². The molecule has 0 aliphatic carbocycles. The van der Waals surface area contributed by atoms with Gasteiger partial charge in [0.1, 0.15) is 11.5 Å². The van der Waals surface area contributed by atoms with Gasteiger partial charge in [0.05, 0.1) is 0 Å². The Bertz CT molecular complexity index is 406. The van der Waals surface area contributed by atoms with Crippen molar-refractivity contribution >= 4 is 12.1 Å². The van der Waals surface area contributed by atoms with Crippen molar-refractivity contribution in [1.82, 2.24) is 9.78 Å². The highest BCUT2D eigenvalue weighted by atomic mass is 19.4. The number of nitrogens with zero attached hydrogens (tertiary/aromatic N) is 2. The molecule has 0 amide bonds. The standard InChI is InChI=1S/C8H8F3N3O/c1-2-7(12)14-5(4-15)3-6(13-14)8(9,10)11/h2-4H,12H2,1H3/b7-2-. The van der Waals surface area contributed by atoms with Gasteiger partial charge >= 0.3 is 6.18 Å². The number of hydrogen-bond donors (Lipinski definition) is 1. The molecule has 0 spiro atoms. The van der Waals surface area contributed by atoms with Crippen molar-refractivity contribution < 1.29 is 18.0 Å². The fraction of sp³-hybridized carbons (Fsp3) is 0.250. The molecule has 0 radical (unpaired) electrons. The van der Waals surface area contributed by atoms with Crippen LogP contribution in [0, 0.1) is 0 Å². The SMILES string of the molecule is C/C=C(/N)n1nc(C(F)(F)F)cc1C=O. The van der Waals surface area contributed by atoms with Crippen LogP contribution in [0.25, 0.3) is 5.82 Å². The molecule has 0 atom stereocenters. The number of allylic oxidation sites excluding steroid dienone is 1. The van der Waals surface area contributed by atoms with Gasteiger partial charge in [0.25, 0.3) is 0 Å². The first-order valence-electron chi connectivity index (χ1n) is 3.94. The van der Waals surface area contributed by atoms with Crippen LogP contribution in [0.1, 0.15) is 23.1 Å². The van der Waals surface area contributed by atoms with Gasteiger partial charge in [-0.15, -0.1) is 0 Å². The summed E-state index contributed by atoms with van der Waals surface area (Å²) in [6, 6.07) is 0.642. The van der Waals surface area contributed by atoms with Gasteiger partial charge < -0.3 is 5.73 Å². The Morgan fingerprint density at radius 3 is 2.60 bits per heavy atom. The normalized spacial score (nSPS) is 12.9. The summed E-state index contributed by atoms with van der Waals surface area (Å²) in [5, 5.41) is 3.19. The fourth-order valence-corrected chi connectivity index (χ4v) is 0.947. The first-order valence-corrected chi connectivity index (χ1v) is 3.94. The summed E-state index contributed by atoms with van der Waals surface area (Å²) >= 11 is 0. The summed E-state index contributed by atoms with van der Waals surface area (Å²) in [7, 11) is 0. The zero-order chi connectivity index (χ0) is 11.6. The molecule has 0 aliphatic rings. The van der Waals surface area contributed by atoms with Crippen LogP contribution < -0.4 is 5.73 Å². The summed E-state index contributed by atoms with van der Waals surface area (Å²) in [6.45, 7) is 1.53. The molecule has 0 saturated heterocycles.